The predicted octanol–water partition coefficient (Wildman–Crippen LogP) is 5.19. The van der Waals surface area contributed by atoms with Crippen LogP contribution in [-0.2, 0) is 6.42 Å². The summed E-state index contributed by atoms with van der Waals surface area (Å²) < 4.78 is 32.5. The van der Waals surface area contributed by atoms with Gasteiger partial charge in [-0.2, -0.15) is 0 Å². The van der Waals surface area contributed by atoms with Gasteiger partial charge >= 0.3 is 0 Å². The molecule has 0 aliphatic heterocycles. The molecule has 21 heavy (non-hydrogen) atoms. The molecule has 0 heterocycles. The van der Waals surface area contributed by atoms with E-state index in [0.29, 0.717) is 12.4 Å². The van der Waals surface area contributed by atoms with Gasteiger partial charge in [0.15, 0.2) is 11.6 Å². The number of ether oxygens (including phenoxy) is 1. The van der Waals surface area contributed by atoms with Crippen LogP contribution in [0.3, 0.4) is 0 Å². The standard InChI is InChI=1S/C17H17ClF2O/c1-3-21-16-8-7-11(2)9-13(16)14(18)10-12-5-4-6-15(19)17(12)20/h4-9,14H,3,10H2,1-2H3. The minimum atomic E-state index is -0.856. The molecule has 2 aromatic carbocycles. The molecule has 0 radical (unpaired) electrons. The Hall–Kier alpha value is -1.61. The summed E-state index contributed by atoms with van der Waals surface area (Å²) in [7, 11) is 0. The van der Waals surface area contributed by atoms with Crippen molar-refractivity contribution in [3.63, 3.8) is 0 Å². The van der Waals surface area contributed by atoms with Gasteiger partial charge in [-0.3, -0.25) is 0 Å². The SMILES string of the molecule is CCOc1ccc(C)cc1C(Cl)Cc1cccc(F)c1F. The molecule has 0 saturated heterocycles. The maximum Gasteiger partial charge on any atom is 0.162 e. The molecule has 1 unspecified atom stereocenters. The molecule has 0 aromatic heterocycles. The third kappa shape index (κ3) is 3.73. The zero-order valence-corrected chi connectivity index (χ0v) is 12.8. The van der Waals surface area contributed by atoms with Crippen LogP contribution in [-0.4, -0.2) is 6.61 Å². The molecule has 0 spiro atoms. The number of aryl methyl sites for hydroxylation is 1. The summed E-state index contributed by atoms with van der Waals surface area (Å²) >= 11 is 6.41. The summed E-state index contributed by atoms with van der Waals surface area (Å²) in [6.45, 7) is 4.36. The lowest BCUT2D eigenvalue weighted by Crippen LogP contribution is -2.04. The van der Waals surface area contributed by atoms with E-state index in [1.54, 1.807) is 6.07 Å². The molecular weight excluding hydrogens is 294 g/mol. The summed E-state index contributed by atoms with van der Waals surface area (Å²) in [5, 5.41) is -0.484. The average molecular weight is 311 g/mol. The first-order valence-electron chi connectivity index (χ1n) is 6.83. The normalized spacial score (nSPS) is 12.2. The van der Waals surface area contributed by atoms with E-state index in [0.717, 1.165) is 17.2 Å². The van der Waals surface area contributed by atoms with Gasteiger partial charge < -0.3 is 4.74 Å². The lowest BCUT2D eigenvalue weighted by atomic mass is 10.0. The van der Waals surface area contributed by atoms with E-state index < -0.39 is 17.0 Å². The Morgan fingerprint density at radius 1 is 1.19 bits per heavy atom. The smallest absolute Gasteiger partial charge is 0.162 e. The Morgan fingerprint density at radius 2 is 1.95 bits per heavy atom. The summed E-state index contributed by atoms with van der Waals surface area (Å²) in [6.07, 6.45) is 0.203. The fraction of sp³-hybridized carbons (Fsp3) is 0.294. The number of benzene rings is 2. The second kappa shape index (κ2) is 6.90. The lowest BCUT2D eigenvalue weighted by molar-refractivity contribution is 0.336. The van der Waals surface area contributed by atoms with Crippen molar-refractivity contribution in [2.75, 3.05) is 6.61 Å². The molecule has 0 aliphatic carbocycles. The molecule has 0 amide bonds. The van der Waals surface area contributed by atoms with Gasteiger partial charge in [0, 0.05) is 5.56 Å². The van der Waals surface area contributed by atoms with E-state index in [-0.39, 0.29) is 12.0 Å². The highest BCUT2D eigenvalue weighted by molar-refractivity contribution is 6.21. The number of halogens is 3. The zero-order valence-electron chi connectivity index (χ0n) is 12.0. The maximum atomic E-state index is 13.7. The molecule has 1 nitrogen and oxygen atoms in total. The van der Waals surface area contributed by atoms with Crippen LogP contribution in [0, 0.1) is 18.6 Å². The molecule has 0 fully saturated rings. The van der Waals surface area contributed by atoms with Crippen LogP contribution < -0.4 is 4.74 Å². The van der Waals surface area contributed by atoms with Crippen LogP contribution in [0.5, 0.6) is 5.75 Å². The van der Waals surface area contributed by atoms with Gasteiger partial charge in [0.1, 0.15) is 5.75 Å². The zero-order chi connectivity index (χ0) is 15.4. The Morgan fingerprint density at radius 3 is 2.67 bits per heavy atom. The summed E-state index contributed by atoms with van der Waals surface area (Å²) in [5.41, 5.74) is 2.10. The highest BCUT2D eigenvalue weighted by Gasteiger charge is 2.18. The topological polar surface area (TPSA) is 9.23 Å². The largest absolute Gasteiger partial charge is 0.494 e. The van der Waals surface area contributed by atoms with Crippen LogP contribution in [0.4, 0.5) is 8.78 Å². The van der Waals surface area contributed by atoms with Crippen molar-refractivity contribution in [1.82, 2.24) is 0 Å². The van der Waals surface area contributed by atoms with Crippen molar-refractivity contribution in [2.24, 2.45) is 0 Å². The Balaban J connectivity index is 2.29. The highest BCUT2D eigenvalue weighted by Crippen LogP contribution is 2.34. The quantitative estimate of drug-likeness (QED) is 0.690. The lowest BCUT2D eigenvalue weighted by Gasteiger charge is -2.16. The van der Waals surface area contributed by atoms with Gasteiger partial charge in [-0.25, -0.2) is 8.78 Å². The van der Waals surface area contributed by atoms with Crippen molar-refractivity contribution in [3.05, 3.63) is 64.7 Å². The molecule has 112 valence electrons. The first-order chi connectivity index (χ1) is 10.0. The number of rotatable bonds is 5. The van der Waals surface area contributed by atoms with E-state index in [4.69, 9.17) is 16.3 Å². The van der Waals surface area contributed by atoms with Gasteiger partial charge in [0.25, 0.3) is 0 Å². The van der Waals surface area contributed by atoms with Crippen molar-refractivity contribution in [3.8, 4) is 5.75 Å². The van der Waals surface area contributed by atoms with Crippen LogP contribution >= 0.6 is 11.6 Å². The van der Waals surface area contributed by atoms with Crippen LogP contribution in [0.25, 0.3) is 0 Å². The summed E-state index contributed by atoms with van der Waals surface area (Å²) in [6, 6.07) is 9.83. The molecule has 2 aromatic rings. The number of hydrogen-bond donors (Lipinski definition) is 0. The molecule has 0 aliphatic rings. The molecule has 4 heteroatoms. The minimum Gasteiger partial charge on any atom is -0.494 e. The molecule has 0 bridgehead atoms. The summed E-state index contributed by atoms with van der Waals surface area (Å²) in [5.74, 6) is -1.01. The maximum absolute atomic E-state index is 13.7. The Bertz CT molecular complexity index is 628. The third-order valence-electron chi connectivity index (χ3n) is 3.23. The minimum absolute atomic E-state index is 0.203. The van der Waals surface area contributed by atoms with Gasteiger partial charge in [0.05, 0.1) is 12.0 Å². The first-order valence-corrected chi connectivity index (χ1v) is 7.27. The monoisotopic (exact) mass is 310 g/mol. The van der Waals surface area contributed by atoms with E-state index in [1.165, 1.54) is 6.07 Å². The molecular formula is C17H17ClF2O. The highest BCUT2D eigenvalue weighted by atomic mass is 35.5. The molecule has 2 rings (SSSR count). The van der Waals surface area contributed by atoms with E-state index >= 15 is 0 Å². The van der Waals surface area contributed by atoms with Crippen molar-refractivity contribution in [1.29, 1.82) is 0 Å². The van der Waals surface area contributed by atoms with Gasteiger partial charge in [0.2, 0.25) is 0 Å². The van der Waals surface area contributed by atoms with E-state index in [9.17, 15) is 8.78 Å². The first kappa shape index (κ1) is 15.8. The Labute approximate surface area is 128 Å². The fourth-order valence-corrected chi connectivity index (χ4v) is 2.55. The second-order valence-electron chi connectivity index (χ2n) is 4.86. The van der Waals surface area contributed by atoms with Crippen LogP contribution in [0.2, 0.25) is 0 Å². The molecule has 1 atom stereocenters. The van der Waals surface area contributed by atoms with Crippen LogP contribution in [0.1, 0.15) is 29.0 Å². The fourth-order valence-electron chi connectivity index (χ4n) is 2.21. The number of alkyl halides is 1. The predicted molar refractivity (Wildman–Crippen MR) is 81.0 cm³/mol. The average Bonchev–Trinajstić information content (AvgIpc) is 2.46. The van der Waals surface area contributed by atoms with Gasteiger partial charge in [-0.15, -0.1) is 11.6 Å². The van der Waals surface area contributed by atoms with Crippen molar-refractivity contribution < 1.29 is 13.5 Å². The molecule has 0 N–H and O–H groups in total. The van der Waals surface area contributed by atoms with Crippen molar-refractivity contribution in [2.45, 2.75) is 25.6 Å². The third-order valence-corrected chi connectivity index (χ3v) is 3.62. The van der Waals surface area contributed by atoms with Crippen LogP contribution in [0.15, 0.2) is 36.4 Å². The van der Waals surface area contributed by atoms with Gasteiger partial charge in [-0.05, 0) is 38.0 Å². The summed E-state index contributed by atoms with van der Waals surface area (Å²) in [4.78, 5) is 0. The second-order valence-corrected chi connectivity index (χ2v) is 5.39. The van der Waals surface area contributed by atoms with Crippen molar-refractivity contribution >= 4 is 11.6 Å². The molecule has 0 saturated carbocycles. The number of hydrogen-bond acceptors (Lipinski definition) is 1. The van der Waals surface area contributed by atoms with Gasteiger partial charge in [-0.1, -0.05) is 29.8 Å². The van der Waals surface area contributed by atoms with E-state index in [1.807, 2.05) is 32.0 Å². The Kier molecular flexibility index (Phi) is 5.18. The van der Waals surface area contributed by atoms with E-state index in [2.05, 4.69) is 0 Å².